The Morgan fingerprint density at radius 2 is 2.26 bits per heavy atom. The highest BCUT2D eigenvalue weighted by atomic mass is 19.1. The fourth-order valence-corrected chi connectivity index (χ4v) is 2.12. The summed E-state index contributed by atoms with van der Waals surface area (Å²) in [6.45, 7) is 5.27. The molecule has 0 amide bonds. The minimum atomic E-state index is -0.305. The van der Waals surface area contributed by atoms with E-state index in [9.17, 15) is 4.39 Å². The number of aryl methyl sites for hydroxylation is 1. The van der Waals surface area contributed by atoms with Gasteiger partial charge >= 0.3 is 0 Å². The molecule has 0 aliphatic carbocycles. The number of rotatable bonds is 5. The third kappa shape index (κ3) is 4.33. The Kier molecular flexibility index (Phi) is 5.75. The highest BCUT2D eigenvalue weighted by molar-refractivity contribution is 5.79. The molecule has 0 saturated heterocycles. The van der Waals surface area contributed by atoms with Gasteiger partial charge < -0.3 is 15.2 Å². The van der Waals surface area contributed by atoms with E-state index in [1.165, 1.54) is 6.07 Å². The summed E-state index contributed by atoms with van der Waals surface area (Å²) in [6.07, 6.45) is 8.60. The molecule has 1 aromatic heterocycles. The van der Waals surface area contributed by atoms with Crippen LogP contribution in [0.2, 0.25) is 0 Å². The Morgan fingerprint density at radius 3 is 2.87 bits per heavy atom. The number of imidazole rings is 1. The summed E-state index contributed by atoms with van der Waals surface area (Å²) in [4.78, 5) is 8.49. The summed E-state index contributed by atoms with van der Waals surface area (Å²) >= 11 is 0. The summed E-state index contributed by atoms with van der Waals surface area (Å²) in [6, 6.07) is 5.08. The van der Waals surface area contributed by atoms with Crippen LogP contribution in [0, 0.1) is 25.1 Å². The van der Waals surface area contributed by atoms with Gasteiger partial charge in [-0.1, -0.05) is 12.0 Å². The lowest BCUT2D eigenvalue weighted by atomic mass is 10.2. The minimum absolute atomic E-state index is 0.305. The molecule has 0 fully saturated rings. The summed E-state index contributed by atoms with van der Waals surface area (Å²) < 4.78 is 16.0. The molecular formula is C17H20FN5. The molecule has 2 aromatic rings. The lowest BCUT2D eigenvalue weighted by Gasteiger charge is -2.10. The van der Waals surface area contributed by atoms with Crippen LogP contribution in [-0.4, -0.2) is 28.6 Å². The third-order valence-corrected chi connectivity index (χ3v) is 3.22. The van der Waals surface area contributed by atoms with Crippen molar-refractivity contribution >= 4 is 5.96 Å². The van der Waals surface area contributed by atoms with Crippen molar-refractivity contribution in [2.45, 2.75) is 20.4 Å². The summed E-state index contributed by atoms with van der Waals surface area (Å²) in [7, 11) is 0. The first-order valence-electron chi connectivity index (χ1n) is 7.40. The standard InChI is InChI=1S/C17H20FN5/c1-4-8-21-17(19-5-2)22-12-14-6-7-16(15(18)11-14)23-10-9-20-13(23)3/h1,6-7,9-11H,5,8,12H2,2-3H3,(H2,19,21,22). The number of hydrogen-bond donors (Lipinski definition) is 2. The molecule has 0 bridgehead atoms. The summed E-state index contributed by atoms with van der Waals surface area (Å²) in [5, 5.41) is 6.07. The number of aromatic nitrogens is 2. The quantitative estimate of drug-likeness (QED) is 0.504. The zero-order chi connectivity index (χ0) is 16.7. The fraction of sp³-hybridized carbons (Fsp3) is 0.294. The molecule has 120 valence electrons. The smallest absolute Gasteiger partial charge is 0.192 e. The number of nitrogens with zero attached hydrogens (tertiary/aromatic N) is 3. The Morgan fingerprint density at radius 1 is 1.43 bits per heavy atom. The minimum Gasteiger partial charge on any atom is -0.357 e. The van der Waals surface area contributed by atoms with E-state index in [-0.39, 0.29) is 5.82 Å². The molecular weight excluding hydrogens is 293 g/mol. The molecule has 0 aliphatic heterocycles. The second-order valence-corrected chi connectivity index (χ2v) is 4.88. The number of hydrogen-bond acceptors (Lipinski definition) is 2. The van der Waals surface area contributed by atoms with E-state index >= 15 is 0 Å². The van der Waals surface area contributed by atoms with E-state index in [0.29, 0.717) is 24.7 Å². The molecule has 0 saturated carbocycles. The zero-order valence-electron chi connectivity index (χ0n) is 13.3. The summed E-state index contributed by atoms with van der Waals surface area (Å²) in [5.41, 5.74) is 1.26. The molecule has 2 rings (SSSR count). The number of halogens is 1. The molecule has 0 spiro atoms. The van der Waals surface area contributed by atoms with Gasteiger partial charge in [0.1, 0.15) is 11.6 Å². The van der Waals surface area contributed by atoms with E-state index in [4.69, 9.17) is 6.42 Å². The van der Waals surface area contributed by atoms with Crippen LogP contribution in [0.1, 0.15) is 18.3 Å². The average molecular weight is 313 g/mol. The molecule has 6 heteroatoms. The Hall–Kier alpha value is -2.81. The molecule has 23 heavy (non-hydrogen) atoms. The number of aliphatic imine (C=N–C) groups is 1. The maximum atomic E-state index is 14.3. The highest BCUT2D eigenvalue weighted by Crippen LogP contribution is 2.17. The Bertz CT molecular complexity index is 727. The van der Waals surface area contributed by atoms with Gasteiger partial charge in [0, 0.05) is 18.9 Å². The van der Waals surface area contributed by atoms with Gasteiger partial charge in [-0.15, -0.1) is 6.42 Å². The zero-order valence-corrected chi connectivity index (χ0v) is 13.3. The molecule has 1 aromatic carbocycles. The van der Waals surface area contributed by atoms with E-state index in [0.717, 1.165) is 17.9 Å². The number of guanidine groups is 1. The van der Waals surface area contributed by atoms with Crippen molar-refractivity contribution in [3.63, 3.8) is 0 Å². The first-order chi connectivity index (χ1) is 11.2. The number of benzene rings is 1. The maximum Gasteiger partial charge on any atom is 0.192 e. The van der Waals surface area contributed by atoms with Gasteiger partial charge in [0.25, 0.3) is 0 Å². The first kappa shape index (κ1) is 16.6. The van der Waals surface area contributed by atoms with Crippen LogP contribution in [0.5, 0.6) is 0 Å². The SMILES string of the molecule is C#CCNC(=NCc1ccc(-n2ccnc2C)c(F)c1)NCC. The van der Waals surface area contributed by atoms with Crippen molar-refractivity contribution in [1.29, 1.82) is 0 Å². The van der Waals surface area contributed by atoms with Crippen molar-refractivity contribution < 1.29 is 4.39 Å². The highest BCUT2D eigenvalue weighted by Gasteiger charge is 2.08. The molecule has 0 unspecified atom stereocenters. The predicted octanol–water partition coefficient (Wildman–Crippen LogP) is 2.01. The lowest BCUT2D eigenvalue weighted by molar-refractivity contribution is 0.614. The van der Waals surface area contributed by atoms with E-state index in [2.05, 4.69) is 26.5 Å². The van der Waals surface area contributed by atoms with Crippen LogP contribution in [0.4, 0.5) is 4.39 Å². The topological polar surface area (TPSA) is 54.2 Å². The third-order valence-electron chi connectivity index (χ3n) is 3.22. The van der Waals surface area contributed by atoms with Crippen LogP contribution in [0.3, 0.4) is 0 Å². The van der Waals surface area contributed by atoms with Crippen molar-refractivity contribution in [2.75, 3.05) is 13.1 Å². The number of terminal acetylenes is 1. The van der Waals surface area contributed by atoms with Crippen LogP contribution in [-0.2, 0) is 6.54 Å². The first-order valence-corrected chi connectivity index (χ1v) is 7.40. The fourth-order valence-electron chi connectivity index (χ4n) is 2.12. The van der Waals surface area contributed by atoms with Gasteiger partial charge in [-0.3, -0.25) is 0 Å². The van der Waals surface area contributed by atoms with Crippen LogP contribution < -0.4 is 10.6 Å². The normalized spacial score (nSPS) is 11.1. The monoisotopic (exact) mass is 313 g/mol. The molecule has 0 radical (unpaired) electrons. The second kappa shape index (κ2) is 7.99. The second-order valence-electron chi connectivity index (χ2n) is 4.88. The van der Waals surface area contributed by atoms with E-state index in [1.807, 2.05) is 19.9 Å². The molecule has 1 heterocycles. The van der Waals surface area contributed by atoms with Crippen molar-refractivity contribution in [3.05, 3.63) is 47.8 Å². The van der Waals surface area contributed by atoms with Crippen LogP contribution >= 0.6 is 0 Å². The van der Waals surface area contributed by atoms with Gasteiger partial charge in [-0.05, 0) is 31.5 Å². The van der Waals surface area contributed by atoms with Crippen LogP contribution in [0.15, 0.2) is 35.6 Å². The molecule has 5 nitrogen and oxygen atoms in total. The Balaban J connectivity index is 2.14. The van der Waals surface area contributed by atoms with E-state index in [1.54, 1.807) is 23.0 Å². The predicted molar refractivity (Wildman–Crippen MR) is 89.9 cm³/mol. The van der Waals surface area contributed by atoms with Gasteiger partial charge in [0.05, 0.1) is 18.8 Å². The molecule has 0 aliphatic rings. The van der Waals surface area contributed by atoms with Crippen molar-refractivity contribution in [1.82, 2.24) is 20.2 Å². The van der Waals surface area contributed by atoms with Gasteiger partial charge in [0.15, 0.2) is 5.96 Å². The summed E-state index contributed by atoms with van der Waals surface area (Å²) in [5.74, 6) is 3.54. The van der Waals surface area contributed by atoms with Crippen molar-refractivity contribution in [3.8, 4) is 18.0 Å². The maximum absolute atomic E-state index is 14.3. The molecule has 2 N–H and O–H groups in total. The molecule has 0 atom stereocenters. The number of nitrogens with one attached hydrogen (secondary N) is 2. The van der Waals surface area contributed by atoms with Gasteiger partial charge in [-0.2, -0.15) is 0 Å². The van der Waals surface area contributed by atoms with Gasteiger partial charge in [0.2, 0.25) is 0 Å². The van der Waals surface area contributed by atoms with Crippen LogP contribution in [0.25, 0.3) is 5.69 Å². The average Bonchev–Trinajstić information content (AvgIpc) is 2.96. The lowest BCUT2D eigenvalue weighted by Crippen LogP contribution is -2.37. The van der Waals surface area contributed by atoms with E-state index < -0.39 is 0 Å². The van der Waals surface area contributed by atoms with Gasteiger partial charge in [-0.25, -0.2) is 14.4 Å². The Labute approximate surface area is 135 Å². The van der Waals surface area contributed by atoms with Crippen molar-refractivity contribution in [2.24, 2.45) is 4.99 Å². The largest absolute Gasteiger partial charge is 0.357 e.